The summed E-state index contributed by atoms with van der Waals surface area (Å²) in [5.74, 6) is -1.09. The lowest BCUT2D eigenvalue weighted by molar-refractivity contribution is -0.220. The Morgan fingerprint density at radius 1 is 0.484 bits per heavy atom. The second kappa shape index (κ2) is 38.8. The number of phosphoric acid groups is 1. The highest BCUT2D eigenvalue weighted by Gasteiger charge is 2.51. The van der Waals surface area contributed by atoms with E-state index in [-0.39, 0.29) is 12.8 Å². The molecule has 13 nitrogen and oxygen atoms in total. The Balaban J connectivity index is 2.40. The van der Waals surface area contributed by atoms with E-state index in [1.807, 2.05) is 0 Å². The van der Waals surface area contributed by atoms with E-state index >= 15 is 0 Å². The van der Waals surface area contributed by atoms with E-state index in [0.717, 1.165) is 51.4 Å². The third-order valence-electron chi connectivity index (χ3n) is 11.9. The van der Waals surface area contributed by atoms with Crippen LogP contribution in [0.15, 0.2) is 12.2 Å². The summed E-state index contributed by atoms with van der Waals surface area (Å²) in [4.78, 5) is 35.8. The van der Waals surface area contributed by atoms with E-state index in [1.165, 1.54) is 135 Å². The van der Waals surface area contributed by atoms with Gasteiger partial charge >= 0.3 is 19.8 Å². The third-order valence-corrected chi connectivity index (χ3v) is 12.8. The fraction of sp³-hybridized carbons (Fsp3) is 0.917. The van der Waals surface area contributed by atoms with Crippen molar-refractivity contribution in [1.82, 2.24) is 0 Å². The maximum Gasteiger partial charge on any atom is 0.472 e. The number of allylic oxidation sites excluding steroid dienone is 2. The van der Waals surface area contributed by atoms with Crippen LogP contribution < -0.4 is 0 Å². The van der Waals surface area contributed by atoms with Gasteiger partial charge in [0.2, 0.25) is 0 Å². The largest absolute Gasteiger partial charge is 0.472 e. The molecule has 366 valence electrons. The van der Waals surface area contributed by atoms with Gasteiger partial charge in [-0.05, 0) is 38.5 Å². The smallest absolute Gasteiger partial charge is 0.462 e. The topological polar surface area (TPSA) is 210 Å². The quantitative estimate of drug-likeness (QED) is 0.0146. The van der Waals surface area contributed by atoms with Crippen molar-refractivity contribution in [2.45, 2.75) is 268 Å². The Hall–Kier alpha value is -1.41. The second-order valence-electron chi connectivity index (χ2n) is 17.7. The van der Waals surface area contributed by atoms with E-state index in [0.29, 0.717) is 12.8 Å². The highest BCUT2D eigenvalue weighted by atomic mass is 31.2. The molecule has 0 spiro atoms. The maximum atomic E-state index is 12.8. The molecule has 0 saturated heterocycles. The number of hydrogen-bond acceptors (Lipinski definition) is 12. The van der Waals surface area contributed by atoms with Crippen LogP contribution in [-0.4, -0.2) is 98.3 Å². The average molecular weight is 907 g/mol. The molecule has 0 radical (unpaired) electrons. The third kappa shape index (κ3) is 30.7. The number of aliphatic hydroxyl groups is 5. The van der Waals surface area contributed by atoms with Gasteiger partial charge in [0.15, 0.2) is 6.10 Å². The molecule has 1 aliphatic rings. The summed E-state index contributed by atoms with van der Waals surface area (Å²) in [5.41, 5.74) is 0. The molecular formula is C48H91O13P. The molecule has 0 aromatic rings. The van der Waals surface area contributed by atoms with Gasteiger partial charge in [0.05, 0.1) is 6.61 Å². The zero-order valence-electron chi connectivity index (χ0n) is 38.9. The zero-order valence-corrected chi connectivity index (χ0v) is 39.8. The van der Waals surface area contributed by atoms with Gasteiger partial charge in [-0.25, -0.2) is 4.57 Å². The second-order valence-corrected chi connectivity index (χ2v) is 19.1. The predicted octanol–water partition coefficient (Wildman–Crippen LogP) is 10.2. The van der Waals surface area contributed by atoms with Crippen LogP contribution in [0.25, 0.3) is 0 Å². The number of esters is 2. The van der Waals surface area contributed by atoms with Gasteiger partial charge in [0.1, 0.15) is 43.2 Å². The lowest BCUT2D eigenvalue weighted by Gasteiger charge is -2.41. The van der Waals surface area contributed by atoms with E-state index in [4.69, 9.17) is 18.5 Å². The van der Waals surface area contributed by atoms with Crippen molar-refractivity contribution in [3.8, 4) is 0 Å². The molecule has 0 amide bonds. The van der Waals surface area contributed by atoms with Crippen LogP contribution in [0.5, 0.6) is 0 Å². The van der Waals surface area contributed by atoms with Gasteiger partial charge in [-0.2, -0.15) is 0 Å². The van der Waals surface area contributed by atoms with Crippen molar-refractivity contribution in [1.29, 1.82) is 0 Å². The number of phosphoric ester groups is 1. The van der Waals surface area contributed by atoms with Crippen LogP contribution in [0.2, 0.25) is 0 Å². The minimum Gasteiger partial charge on any atom is -0.462 e. The van der Waals surface area contributed by atoms with E-state index in [2.05, 4.69) is 26.0 Å². The van der Waals surface area contributed by atoms with Crippen LogP contribution in [0.1, 0.15) is 226 Å². The number of aliphatic hydroxyl groups excluding tert-OH is 5. The van der Waals surface area contributed by atoms with Crippen molar-refractivity contribution < 1.29 is 63.1 Å². The first-order valence-electron chi connectivity index (χ1n) is 25.0. The first-order chi connectivity index (χ1) is 29.9. The van der Waals surface area contributed by atoms with Crippen LogP contribution in [-0.2, 0) is 32.7 Å². The van der Waals surface area contributed by atoms with Crippen LogP contribution in [0, 0.1) is 0 Å². The molecule has 14 heteroatoms. The predicted molar refractivity (Wildman–Crippen MR) is 244 cm³/mol. The summed E-state index contributed by atoms with van der Waals surface area (Å²) in [6, 6.07) is 0. The number of carbonyl (C=O) groups is 2. The van der Waals surface area contributed by atoms with Crippen LogP contribution >= 0.6 is 7.82 Å². The maximum absolute atomic E-state index is 12.8. The summed E-state index contributed by atoms with van der Waals surface area (Å²) in [5, 5.41) is 50.2. The van der Waals surface area contributed by atoms with E-state index in [9.17, 15) is 44.6 Å². The first-order valence-corrected chi connectivity index (χ1v) is 26.5. The van der Waals surface area contributed by atoms with E-state index < -0.39 is 75.7 Å². The Morgan fingerprint density at radius 2 is 0.823 bits per heavy atom. The molecule has 1 rings (SSSR count). The summed E-state index contributed by atoms with van der Waals surface area (Å²) in [7, 11) is -5.11. The zero-order chi connectivity index (χ0) is 45.7. The molecule has 6 unspecified atom stereocenters. The normalized spacial score (nSPS) is 21.9. The van der Waals surface area contributed by atoms with Crippen molar-refractivity contribution in [2.75, 3.05) is 13.2 Å². The molecule has 62 heavy (non-hydrogen) atoms. The summed E-state index contributed by atoms with van der Waals surface area (Å²) < 4.78 is 33.6. The fourth-order valence-corrected chi connectivity index (χ4v) is 8.79. The number of ether oxygens (including phenoxy) is 2. The average Bonchev–Trinajstić information content (AvgIpc) is 3.25. The molecule has 1 fully saturated rings. The number of rotatable bonds is 42. The van der Waals surface area contributed by atoms with Crippen LogP contribution in [0.4, 0.5) is 0 Å². The molecule has 0 bridgehead atoms. The highest BCUT2D eigenvalue weighted by molar-refractivity contribution is 7.47. The Bertz CT molecular complexity index is 1140. The van der Waals surface area contributed by atoms with E-state index in [1.54, 1.807) is 0 Å². The highest BCUT2D eigenvalue weighted by Crippen LogP contribution is 2.47. The Morgan fingerprint density at radius 3 is 1.23 bits per heavy atom. The Kier molecular flexibility index (Phi) is 36.7. The van der Waals surface area contributed by atoms with Gasteiger partial charge in [-0.15, -0.1) is 0 Å². The summed E-state index contributed by atoms with van der Waals surface area (Å²) >= 11 is 0. The van der Waals surface area contributed by atoms with Gasteiger partial charge in [0, 0.05) is 12.8 Å². The summed E-state index contributed by atoms with van der Waals surface area (Å²) in [6.45, 7) is 3.32. The molecular weight excluding hydrogens is 815 g/mol. The monoisotopic (exact) mass is 907 g/mol. The molecule has 0 aromatic heterocycles. The van der Waals surface area contributed by atoms with Gasteiger partial charge in [-0.1, -0.05) is 187 Å². The molecule has 0 heterocycles. The number of hydrogen-bond donors (Lipinski definition) is 6. The SMILES string of the molecule is CCCCCCCC/C=C\CCCCCCCCCCCC(=O)OC(COC(=O)CCCCCCCCCCCCCCCC)COP(=O)(O)OC1C(O)C(O)C(O)C(O)C1O. The van der Waals surface area contributed by atoms with Crippen molar-refractivity contribution in [2.24, 2.45) is 0 Å². The first kappa shape index (κ1) is 58.6. The summed E-state index contributed by atoms with van der Waals surface area (Å²) in [6.07, 6.45) is 28.3. The Labute approximate surface area is 375 Å². The lowest BCUT2D eigenvalue weighted by atomic mass is 9.85. The molecule has 1 aliphatic carbocycles. The van der Waals surface area contributed by atoms with Crippen LogP contribution in [0.3, 0.4) is 0 Å². The van der Waals surface area contributed by atoms with Crippen molar-refractivity contribution in [3.63, 3.8) is 0 Å². The molecule has 0 aromatic carbocycles. The standard InChI is InChI=1S/C48H91O13P/c1-3-5-7-9-11-13-15-17-19-20-21-22-23-25-27-29-31-33-35-37-42(50)60-40(39-59-62(56,57)61-48-46(54)44(52)43(51)45(53)47(48)55)38-58-41(49)36-34-32-30-28-26-24-18-16-14-12-10-8-6-4-2/h17,19,40,43-48,51-55H,3-16,18,20-39H2,1-2H3,(H,56,57)/b19-17-. The van der Waals surface area contributed by atoms with Crippen molar-refractivity contribution >= 4 is 19.8 Å². The minimum absolute atomic E-state index is 0.0989. The number of unbranched alkanes of at least 4 members (excludes halogenated alkanes) is 28. The minimum atomic E-state index is -5.11. The van der Waals surface area contributed by atoms with Gasteiger partial charge in [0.25, 0.3) is 0 Å². The lowest BCUT2D eigenvalue weighted by Crippen LogP contribution is -2.64. The number of carbonyl (C=O) groups excluding carboxylic acids is 2. The molecule has 6 N–H and O–H groups in total. The molecule has 1 saturated carbocycles. The fourth-order valence-electron chi connectivity index (χ4n) is 7.81. The van der Waals surface area contributed by atoms with Gasteiger partial charge in [-0.3, -0.25) is 18.6 Å². The molecule has 0 aliphatic heterocycles. The van der Waals surface area contributed by atoms with Gasteiger partial charge < -0.3 is 39.9 Å². The molecule has 6 atom stereocenters. The van der Waals surface area contributed by atoms with Crippen molar-refractivity contribution in [3.05, 3.63) is 12.2 Å².